The number of esters is 1. The standard InChI is InChI=1S/C20H30N2O4/c1-20(2,16-9-11-21-12-10-16)26-19(25)15-5-3-14(4-6-15)13-22-17(23)7-8-18(22)24/h7-8,14-16,21H,3-6,9-13H2,1-2H3. The van der Waals surface area contributed by atoms with Gasteiger partial charge in [-0.1, -0.05) is 0 Å². The van der Waals surface area contributed by atoms with Gasteiger partial charge < -0.3 is 10.1 Å². The number of ether oxygens (including phenoxy) is 1. The summed E-state index contributed by atoms with van der Waals surface area (Å²) < 4.78 is 5.92. The van der Waals surface area contributed by atoms with E-state index in [-0.39, 0.29) is 29.6 Å². The fraction of sp³-hybridized carbons (Fsp3) is 0.750. The summed E-state index contributed by atoms with van der Waals surface area (Å²) >= 11 is 0. The highest BCUT2D eigenvalue weighted by atomic mass is 16.6. The van der Waals surface area contributed by atoms with E-state index >= 15 is 0 Å². The largest absolute Gasteiger partial charge is 0.459 e. The molecular formula is C20H30N2O4. The molecule has 0 aromatic carbocycles. The zero-order valence-corrected chi connectivity index (χ0v) is 15.8. The average molecular weight is 362 g/mol. The van der Waals surface area contributed by atoms with Crippen molar-refractivity contribution < 1.29 is 19.1 Å². The van der Waals surface area contributed by atoms with Crippen LogP contribution in [0.2, 0.25) is 0 Å². The van der Waals surface area contributed by atoms with Crippen molar-refractivity contribution in [2.24, 2.45) is 17.8 Å². The normalized spacial score (nSPS) is 27.8. The molecule has 0 spiro atoms. The monoisotopic (exact) mass is 362 g/mol. The molecule has 1 aliphatic carbocycles. The summed E-state index contributed by atoms with van der Waals surface area (Å²) in [6.07, 6.45) is 7.99. The lowest BCUT2D eigenvalue weighted by Crippen LogP contribution is -2.44. The van der Waals surface area contributed by atoms with Crippen LogP contribution in [0, 0.1) is 17.8 Å². The van der Waals surface area contributed by atoms with Crippen LogP contribution in [0.4, 0.5) is 0 Å². The SMILES string of the molecule is CC(C)(OC(=O)C1CCC(CN2C(=O)C=CC2=O)CC1)C1CCNCC1. The summed E-state index contributed by atoms with van der Waals surface area (Å²) in [5.74, 6) is 0.103. The van der Waals surface area contributed by atoms with Gasteiger partial charge in [0.1, 0.15) is 5.60 Å². The fourth-order valence-corrected chi connectivity index (χ4v) is 4.39. The van der Waals surface area contributed by atoms with Crippen molar-refractivity contribution >= 4 is 17.8 Å². The van der Waals surface area contributed by atoms with Crippen LogP contribution in [0.15, 0.2) is 12.2 Å². The lowest BCUT2D eigenvalue weighted by atomic mass is 9.80. The molecule has 2 amide bonds. The van der Waals surface area contributed by atoms with E-state index in [9.17, 15) is 14.4 Å². The molecule has 144 valence electrons. The number of nitrogens with one attached hydrogen (secondary N) is 1. The van der Waals surface area contributed by atoms with Crippen molar-refractivity contribution in [2.75, 3.05) is 19.6 Å². The molecule has 6 heteroatoms. The molecule has 0 radical (unpaired) electrons. The molecule has 0 bridgehead atoms. The van der Waals surface area contributed by atoms with Gasteiger partial charge in [-0.2, -0.15) is 0 Å². The van der Waals surface area contributed by atoms with Gasteiger partial charge in [-0.25, -0.2) is 0 Å². The van der Waals surface area contributed by atoms with Crippen molar-refractivity contribution in [3.8, 4) is 0 Å². The number of nitrogens with zero attached hydrogens (tertiary/aromatic N) is 1. The molecule has 26 heavy (non-hydrogen) atoms. The highest BCUT2D eigenvalue weighted by Crippen LogP contribution is 2.34. The maximum absolute atomic E-state index is 12.6. The van der Waals surface area contributed by atoms with Crippen molar-refractivity contribution in [3.63, 3.8) is 0 Å². The van der Waals surface area contributed by atoms with Crippen LogP contribution in [0.1, 0.15) is 52.4 Å². The molecule has 0 unspecified atom stereocenters. The van der Waals surface area contributed by atoms with Gasteiger partial charge in [0.05, 0.1) is 5.92 Å². The maximum Gasteiger partial charge on any atom is 0.309 e. The van der Waals surface area contributed by atoms with Gasteiger partial charge in [-0.3, -0.25) is 19.3 Å². The number of amides is 2. The third-order valence-electron chi connectivity index (χ3n) is 6.21. The Balaban J connectivity index is 1.46. The van der Waals surface area contributed by atoms with Gasteiger partial charge in [0.2, 0.25) is 0 Å². The van der Waals surface area contributed by atoms with Gasteiger partial charge in [0.15, 0.2) is 0 Å². The highest BCUT2D eigenvalue weighted by Gasteiger charge is 2.37. The van der Waals surface area contributed by atoms with Gasteiger partial charge in [0.25, 0.3) is 11.8 Å². The number of carbonyl (C=O) groups is 3. The van der Waals surface area contributed by atoms with Gasteiger partial charge in [-0.15, -0.1) is 0 Å². The maximum atomic E-state index is 12.6. The molecule has 0 atom stereocenters. The smallest absolute Gasteiger partial charge is 0.309 e. The topological polar surface area (TPSA) is 75.7 Å². The Labute approximate surface area is 155 Å². The van der Waals surface area contributed by atoms with Crippen molar-refractivity contribution in [1.29, 1.82) is 0 Å². The van der Waals surface area contributed by atoms with Crippen LogP contribution >= 0.6 is 0 Å². The second kappa shape index (κ2) is 7.91. The van der Waals surface area contributed by atoms with E-state index in [2.05, 4.69) is 5.32 Å². The summed E-state index contributed by atoms with van der Waals surface area (Å²) in [5, 5.41) is 3.35. The summed E-state index contributed by atoms with van der Waals surface area (Å²) in [6, 6.07) is 0. The van der Waals surface area contributed by atoms with E-state index < -0.39 is 5.60 Å². The lowest BCUT2D eigenvalue weighted by molar-refractivity contribution is -0.169. The summed E-state index contributed by atoms with van der Waals surface area (Å²) in [7, 11) is 0. The molecule has 0 aromatic rings. The van der Waals surface area contributed by atoms with Crippen LogP contribution in [-0.4, -0.2) is 47.9 Å². The Kier molecular flexibility index (Phi) is 5.80. The number of hydrogen-bond donors (Lipinski definition) is 1. The van der Waals surface area contributed by atoms with E-state index in [1.54, 1.807) is 0 Å². The Bertz CT molecular complexity index is 567. The Hall–Kier alpha value is -1.69. The Morgan fingerprint density at radius 1 is 1.08 bits per heavy atom. The molecule has 6 nitrogen and oxygen atoms in total. The van der Waals surface area contributed by atoms with Crippen LogP contribution in [0.5, 0.6) is 0 Å². The fourth-order valence-electron chi connectivity index (χ4n) is 4.39. The number of carbonyl (C=O) groups excluding carboxylic acids is 3. The molecule has 2 heterocycles. The van der Waals surface area contributed by atoms with E-state index in [0.717, 1.165) is 51.6 Å². The van der Waals surface area contributed by atoms with Crippen LogP contribution in [-0.2, 0) is 19.1 Å². The third kappa shape index (κ3) is 4.34. The predicted molar refractivity (Wildman–Crippen MR) is 97.1 cm³/mol. The first-order valence-electron chi connectivity index (χ1n) is 9.84. The zero-order valence-electron chi connectivity index (χ0n) is 15.8. The molecule has 2 fully saturated rings. The molecule has 2 aliphatic heterocycles. The second-order valence-corrected chi connectivity index (χ2v) is 8.39. The average Bonchev–Trinajstić information content (AvgIpc) is 2.95. The van der Waals surface area contributed by atoms with E-state index in [0.29, 0.717) is 12.5 Å². The predicted octanol–water partition coefficient (Wildman–Crippen LogP) is 2.04. The van der Waals surface area contributed by atoms with Crippen LogP contribution < -0.4 is 5.32 Å². The second-order valence-electron chi connectivity index (χ2n) is 8.39. The van der Waals surface area contributed by atoms with Crippen LogP contribution in [0.25, 0.3) is 0 Å². The number of piperidine rings is 1. The number of imide groups is 1. The minimum atomic E-state index is -0.421. The molecule has 1 N–H and O–H groups in total. The molecule has 0 aromatic heterocycles. The summed E-state index contributed by atoms with van der Waals surface area (Å²) in [4.78, 5) is 37.3. The quantitative estimate of drug-likeness (QED) is 0.598. The minimum Gasteiger partial charge on any atom is -0.459 e. The van der Waals surface area contributed by atoms with Crippen LogP contribution in [0.3, 0.4) is 0 Å². The first-order valence-corrected chi connectivity index (χ1v) is 9.84. The molecule has 1 saturated heterocycles. The van der Waals surface area contributed by atoms with Gasteiger partial charge in [-0.05, 0) is 71.4 Å². The molecule has 3 aliphatic rings. The zero-order chi connectivity index (χ0) is 18.7. The Morgan fingerprint density at radius 3 is 2.23 bits per heavy atom. The highest BCUT2D eigenvalue weighted by molar-refractivity contribution is 6.12. The van der Waals surface area contributed by atoms with Crippen molar-refractivity contribution in [2.45, 2.75) is 58.0 Å². The molecule has 1 saturated carbocycles. The first kappa shape index (κ1) is 19.1. The first-order chi connectivity index (χ1) is 12.4. The van der Waals surface area contributed by atoms with E-state index in [4.69, 9.17) is 4.74 Å². The lowest BCUT2D eigenvalue weighted by Gasteiger charge is -2.38. The summed E-state index contributed by atoms with van der Waals surface area (Å²) in [5.41, 5.74) is -0.421. The van der Waals surface area contributed by atoms with Gasteiger partial charge >= 0.3 is 5.97 Å². The minimum absolute atomic E-state index is 0.0599. The number of rotatable bonds is 5. The molecular weight excluding hydrogens is 332 g/mol. The van der Waals surface area contributed by atoms with Gasteiger partial charge in [0, 0.05) is 24.6 Å². The van der Waals surface area contributed by atoms with Crippen molar-refractivity contribution in [3.05, 3.63) is 12.2 Å². The molecule has 3 rings (SSSR count). The summed E-state index contributed by atoms with van der Waals surface area (Å²) in [6.45, 7) is 6.50. The van der Waals surface area contributed by atoms with E-state index in [1.165, 1.54) is 17.1 Å². The third-order valence-corrected chi connectivity index (χ3v) is 6.21. The Morgan fingerprint density at radius 2 is 1.65 bits per heavy atom. The van der Waals surface area contributed by atoms with E-state index in [1.807, 2.05) is 13.8 Å². The number of hydrogen-bond acceptors (Lipinski definition) is 5. The van der Waals surface area contributed by atoms with Crippen molar-refractivity contribution in [1.82, 2.24) is 10.2 Å².